The van der Waals surface area contributed by atoms with Gasteiger partial charge in [-0.3, -0.25) is 4.79 Å². The Kier molecular flexibility index (Phi) is 6.53. The van der Waals surface area contributed by atoms with E-state index in [0.717, 1.165) is 17.5 Å². The SMILES string of the molecule is CC(=O)NCc1ccc(CC(C)[C@@H](N)[C@H](O)c2ccccc2)cc1. The van der Waals surface area contributed by atoms with Crippen molar-refractivity contribution in [2.45, 2.75) is 39.0 Å². The van der Waals surface area contributed by atoms with Crippen molar-refractivity contribution >= 4 is 5.91 Å². The van der Waals surface area contributed by atoms with Crippen LogP contribution in [0.25, 0.3) is 0 Å². The summed E-state index contributed by atoms with van der Waals surface area (Å²) >= 11 is 0. The third-order valence-corrected chi connectivity index (χ3v) is 4.28. The Morgan fingerprint density at radius 1 is 1.08 bits per heavy atom. The number of benzene rings is 2. The van der Waals surface area contributed by atoms with Gasteiger partial charge in [0.05, 0.1) is 6.10 Å². The van der Waals surface area contributed by atoms with E-state index in [9.17, 15) is 9.90 Å². The lowest BCUT2D eigenvalue weighted by atomic mass is 9.88. The van der Waals surface area contributed by atoms with E-state index in [1.54, 1.807) is 0 Å². The first-order valence-corrected chi connectivity index (χ1v) is 8.28. The molecule has 2 aromatic carbocycles. The molecule has 1 amide bonds. The second-order valence-electron chi connectivity index (χ2n) is 6.34. The van der Waals surface area contributed by atoms with E-state index in [1.807, 2.05) is 42.5 Å². The van der Waals surface area contributed by atoms with Crippen LogP contribution in [0.1, 0.15) is 36.6 Å². The smallest absolute Gasteiger partial charge is 0.217 e. The number of nitrogens with one attached hydrogen (secondary N) is 1. The molecule has 4 N–H and O–H groups in total. The number of amides is 1. The number of aliphatic hydroxyl groups excluding tert-OH is 1. The fourth-order valence-corrected chi connectivity index (χ4v) is 2.71. The summed E-state index contributed by atoms with van der Waals surface area (Å²) in [5, 5.41) is 13.2. The summed E-state index contributed by atoms with van der Waals surface area (Å²) in [5.41, 5.74) is 9.34. The molecule has 0 aliphatic heterocycles. The molecule has 24 heavy (non-hydrogen) atoms. The van der Waals surface area contributed by atoms with Crippen LogP contribution in [0.3, 0.4) is 0 Å². The third-order valence-electron chi connectivity index (χ3n) is 4.28. The Morgan fingerprint density at radius 2 is 1.67 bits per heavy atom. The highest BCUT2D eigenvalue weighted by atomic mass is 16.3. The van der Waals surface area contributed by atoms with Crippen molar-refractivity contribution in [3.05, 3.63) is 71.3 Å². The molecule has 0 saturated carbocycles. The lowest BCUT2D eigenvalue weighted by Crippen LogP contribution is -2.36. The Morgan fingerprint density at radius 3 is 2.25 bits per heavy atom. The standard InChI is InChI=1S/C20H26N2O2/c1-14(19(21)20(24)18-6-4-3-5-7-18)12-16-8-10-17(11-9-16)13-22-15(2)23/h3-11,14,19-20,24H,12-13,21H2,1-2H3,(H,22,23)/t14?,19-,20-/m1/s1. The summed E-state index contributed by atoms with van der Waals surface area (Å²) in [4.78, 5) is 10.9. The minimum Gasteiger partial charge on any atom is -0.387 e. The van der Waals surface area contributed by atoms with Crippen LogP contribution in [0.2, 0.25) is 0 Å². The molecule has 0 heterocycles. The van der Waals surface area contributed by atoms with Gasteiger partial charge in [0, 0.05) is 19.5 Å². The molecule has 3 atom stereocenters. The van der Waals surface area contributed by atoms with E-state index in [4.69, 9.17) is 5.73 Å². The molecule has 0 bridgehead atoms. The number of aliphatic hydroxyl groups is 1. The number of carbonyl (C=O) groups is 1. The van der Waals surface area contributed by atoms with Gasteiger partial charge in [-0.2, -0.15) is 0 Å². The predicted molar refractivity (Wildman–Crippen MR) is 96.2 cm³/mol. The van der Waals surface area contributed by atoms with E-state index in [2.05, 4.69) is 24.4 Å². The Balaban J connectivity index is 1.93. The van der Waals surface area contributed by atoms with E-state index in [1.165, 1.54) is 12.5 Å². The monoisotopic (exact) mass is 326 g/mol. The number of hydrogen-bond donors (Lipinski definition) is 3. The molecule has 0 aliphatic rings. The maximum Gasteiger partial charge on any atom is 0.217 e. The summed E-state index contributed by atoms with van der Waals surface area (Å²) in [6, 6.07) is 17.3. The highest BCUT2D eigenvalue weighted by Gasteiger charge is 2.22. The summed E-state index contributed by atoms with van der Waals surface area (Å²) in [6.07, 6.45) is 0.131. The lowest BCUT2D eigenvalue weighted by molar-refractivity contribution is -0.119. The van der Waals surface area contributed by atoms with Crippen LogP contribution in [0, 0.1) is 5.92 Å². The average Bonchev–Trinajstić information content (AvgIpc) is 2.60. The Labute approximate surface area is 143 Å². The fourth-order valence-electron chi connectivity index (χ4n) is 2.71. The van der Waals surface area contributed by atoms with Crippen LogP contribution in [0.5, 0.6) is 0 Å². The van der Waals surface area contributed by atoms with Crippen molar-refractivity contribution in [3.63, 3.8) is 0 Å². The normalized spacial score (nSPS) is 14.7. The first-order chi connectivity index (χ1) is 11.5. The second-order valence-corrected chi connectivity index (χ2v) is 6.34. The highest BCUT2D eigenvalue weighted by Crippen LogP contribution is 2.22. The quantitative estimate of drug-likeness (QED) is 0.732. The Bertz CT molecular complexity index is 640. The van der Waals surface area contributed by atoms with Crippen LogP contribution < -0.4 is 11.1 Å². The zero-order chi connectivity index (χ0) is 17.5. The molecule has 4 heteroatoms. The van der Waals surface area contributed by atoms with Gasteiger partial charge < -0.3 is 16.2 Å². The summed E-state index contributed by atoms with van der Waals surface area (Å²) in [7, 11) is 0. The van der Waals surface area contributed by atoms with Gasteiger partial charge in [-0.05, 0) is 29.0 Å². The molecule has 1 unspecified atom stereocenters. The van der Waals surface area contributed by atoms with Gasteiger partial charge in [0.15, 0.2) is 0 Å². The van der Waals surface area contributed by atoms with Gasteiger partial charge in [0.2, 0.25) is 5.91 Å². The topological polar surface area (TPSA) is 75.4 Å². The van der Waals surface area contributed by atoms with Crippen LogP contribution >= 0.6 is 0 Å². The van der Waals surface area contributed by atoms with E-state index in [0.29, 0.717) is 6.54 Å². The first-order valence-electron chi connectivity index (χ1n) is 8.28. The Hall–Kier alpha value is -2.17. The van der Waals surface area contributed by atoms with Gasteiger partial charge >= 0.3 is 0 Å². The van der Waals surface area contributed by atoms with Gasteiger partial charge in [-0.15, -0.1) is 0 Å². The molecular formula is C20H26N2O2. The maximum atomic E-state index is 10.9. The molecule has 2 rings (SSSR count). The largest absolute Gasteiger partial charge is 0.387 e. The number of hydrogen-bond acceptors (Lipinski definition) is 3. The molecular weight excluding hydrogens is 300 g/mol. The van der Waals surface area contributed by atoms with E-state index < -0.39 is 6.10 Å². The third kappa shape index (κ3) is 5.18. The first kappa shape index (κ1) is 18.2. The van der Waals surface area contributed by atoms with Crippen LogP contribution in [-0.4, -0.2) is 17.1 Å². The summed E-state index contributed by atoms with van der Waals surface area (Å²) in [5.74, 6) is 0.106. The van der Waals surface area contributed by atoms with Gasteiger partial charge in [-0.1, -0.05) is 61.5 Å². The van der Waals surface area contributed by atoms with Crippen molar-refractivity contribution in [2.24, 2.45) is 11.7 Å². The lowest BCUT2D eigenvalue weighted by Gasteiger charge is -2.25. The fraction of sp³-hybridized carbons (Fsp3) is 0.350. The number of rotatable bonds is 7. The van der Waals surface area contributed by atoms with Crippen molar-refractivity contribution in [1.82, 2.24) is 5.32 Å². The second kappa shape index (κ2) is 8.62. The molecule has 2 aromatic rings. The van der Waals surface area contributed by atoms with Crippen LogP contribution in [0.4, 0.5) is 0 Å². The average molecular weight is 326 g/mol. The van der Waals surface area contributed by atoms with Gasteiger partial charge in [0.25, 0.3) is 0 Å². The van der Waals surface area contributed by atoms with E-state index in [-0.39, 0.29) is 17.9 Å². The van der Waals surface area contributed by atoms with Crippen LogP contribution in [-0.2, 0) is 17.8 Å². The molecule has 4 nitrogen and oxygen atoms in total. The molecule has 0 aromatic heterocycles. The van der Waals surface area contributed by atoms with E-state index >= 15 is 0 Å². The molecule has 0 radical (unpaired) electrons. The van der Waals surface area contributed by atoms with Gasteiger partial charge in [-0.25, -0.2) is 0 Å². The molecule has 0 aliphatic carbocycles. The van der Waals surface area contributed by atoms with Crippen molar-refractivity contribution < 1.29 is 9.90 Å². The minimum atomic E-state index is -0.666. The maximum absolute atomic E-state index is 10.9. The molecule has 0 spiro atoms. The zero-order valence-corrected chi connectivity index (χ0v) is 14.3. The number of carbonyl (C=O) groups excluding carboxylic acids is 1. The highest BCUT2D eigenvalue weighted by molar-refractivity contribution is 5.72. The number of nitrogens with two attached hydrogens (primary N) is 1. The predicted octanol–water partition coefficient (Wildman–Crippen LogP) is 2.56. The van der Waals surface area contributed by atoms with Gasteiger partial charge in [0.1, 0.15) is 0 Å². The minimum absolute atomic E-state index is 0.0337. The summed E-state index contributed by atoms with van der Waals surface area (Å²) in [6.45, 7) is 4.11. The molecule has 128 valence electrons. The van der Waals surface area contributed by atoms with Crippen molar-refractivity contribution in [2.75, 3.05) is 0 Å². The van der Waals surface area contributed by atoms with Crippen molar-refractivity contribution in [1.29, 1.82) is 0 Å². The van der Waals surface area contributed by atoms with Crippen LogP contribution in [0.15, 0.2) is 54.6 Å². The zero-order valence-electron chi connectivity index (χ0n) is 14.3. The van der Waals surface area contributed by atoms with Crippen molar-refractivity contribution in [3.8, 4) is 0 Å². The summed E-state index contributed by atoms with van der Waals surface area (Å²) < 4.78 is 0. The molecule has 0 fully saturated rings. The molecule has 0 saturated heterocycles.